The van der Waals surface area contributed by atoms with Crippen LogP contribution in [0.1, 0.15) is 232 Å². The average molecular weight is 1110 g/mol. The van der Waals surface area contributed by atoms with E-state index in [1.165, 1.54) is 141 Å². The van der Waals surface area contributed by atoms with Gasteiger partial charge in [0.2, 0.25) is 0 Å². The molecule has 2 aliphatic rings. The Balaban J connectivity index is 1.75. The molecule has 0 spiro atoms. The molecule has 15 heteroatoms. The minimum absolute atomic E-state index is 0.0416. The lowest BCUT2D eigenvalue weighted by Gasteiger charge is -2.42. The van der Waals surface area contributed by atoms with E-state index in [1.54, 1.807) is 0 Å². The lowest BCUT2D eigenvalue weighted by atomic mass is 9.98. The molecule has 0 aliphatic carbocycles. The molecule has 0 amide bonds. The Kier molecular flexibility index (Phi) is 44.7. The fourth-order valence-electron chi connectivity index (χ4n) is 9.50. The largest absolute Gasteiger partial charge is 0.462 e. The van der Waals surface area contributed by atoms with Gasteiger partial charge in [0.1, 0.15) is 55.4 Å². The molecule has 2 rings (SSSR count). The van der Waals surface area contributed by atoms with Crippen molar-refractivity contribution in [2.75, 3.05) is 26.4 Å². The topological polar surface area (TPSA) is 231 Å². The minimum atomic E-state index is -1.78. The normalized spacial score (nSPS) is 24.4. The molecule has 0 aromatic carbocycles. The van der Waals surface area contributed by atoms with E-state index in [4.69, 9.17) is 28.4 Å². The summed E-state index contributed by atoms with van der Waals surface area (Å²) in [7, 11) is 0. The molecule has 7 N–H and O–H groups in total. The summed E-state index contributed by atoms with van der Waals surface area (Å²) in [4.78, 5) is 25.9. The van der Waals surface area contributed by atoms with Crippen LogP contribution in [0.4, 0.5) is 0 Å². The number of carbonyl (C=O) groups excluding carboxylic acids is 2. The van der Waals surface area contributed by atoms with Crippen LogP contribution in [-0.2, 0) is 38.0 Å². The van der Waals surface area contributed by atoms with E-state index in [0.29, 0.717) is 19.3 Å². The summed E-state index contributed by atoms with van der Waals surface area (Å²) < 4.78 is 33.6. The van der Waals surface area contributed by atoms with Crippen molar-refractivity contribution in [1.82, 2.24) is 0 Å². The maximum absolute atomic E-state index is 13.0. The van der Waals surface area contributed by atoms with Gasteiger partial charge in [-0.15, -0.1) is 0 Å². The summed E-state index contributed by atoms with van der Waals surface area (Å²) in [6.07, 6.45) is 42.6. The third-order valence-corrected chi connectivity index (χ3v) is 14.5. The van der Waals surface area contributed by atoms with Crippen molar-refractivity contribution in [2.24, 2.45) is 0 Å². The summed E-state index contributed by atoms with van der Waals surface area (Å²) in [5, 5.41) is 72.3. The van der Waals surface area contributed by atoms with Gasteiger partial charge in [-0.25, -0.2) is 0 Å². The lowest BCUT2D eigenvalue weighted by Crippen LogP contribution is -2.61. The zero-order valence-corrected chi connectivity index (χ0v) is 48.4. The Morgan fingerprint density at radius 1 is 0.410 bits per heavy atom. The highest BCUT2D eigenvalue weighted by atomic mass is 16.7. The molecule has 4 unspecified atom stereocenters. The molecule has 2 heterocycles. The Morgan fingerprint density at radius 2 is 0.795 bits per heavy atom. The first-order valence-corrected chi connectivity index (χ1v) is 30.9. The first kappa shape index (κ1) is 71.3. The molecule has 0 bridgehead atoms. The molecule has 15 nitrogen and oxygen atoms in total. The van der Waals surface area contributed by atoms with Gasteiger partial charge in [-0.2, -0.15) is 0 Å². The van der Waals surface area contributed by atoms with Crippen molar-refractivity contribution >= 4 is 11.9 Å². The molecule has 78 heavy (non-hydrogen) atoms. The van der Waals surface area contributed by atoms with Gasteiger partial charge in [-0.05, 0) is 51.4 Å². The van der Waals surface area contributed by atoms with Crippen molar-refractivity contribution in [2.45, 2.75) is 300 Å². The highest BCUT2D eigenvalue weighted by molar-refractivity contribution is 5.70. The number of ether oxygens (including phenoxy) is 6. The van der Waals surface area contributed by atoms with E-state index in [9.17, 15) is 45.3 Å². The van der Waals surface area contributed by atoms with E-state index in [0.717, 1.165) is 44.9 Å². The van der Waals surface area contributed by atoms with Crippen molar-refractivity contribution < 1.29 is 73.8 Å². The number of aliphatic hydroxyl groups excluding tert-OH is 7. The lowest BCUT2D eigenvalue weighted by molar-refractivity contribution is -0.332. The number of unbranched alkanes of at least 4 members (excludes halogenated alkanes) is 25. The maximum Gasteiger partial charge on any atom is 0.306 e. The van der Waals surface area contributed by atoms with Crippen LogP contribution >= 0.6 is 0 Å². The summed E-state index contributed by atoms with van der Waals surface area (Å²) in [6, 6.07) is 0. The fourth-order valence-corrected chi connectivity index (χ4v) is 9.50. The van der Waals surface area contributed by atoms with Crippen molar-refractivity contribution in [3.63, 3.8) is 0 Å². The summed E-state index contributed by atoms with van der Waals surface area (Å²) in [6.45, 7) is 2.52. The van der Waals surface area contributed by atoms with E-state index in [-0.39, 0.29) is 19.4 Å². The van der Waals surface area contributed by atoms with Gasteiger partial charge >= 0.3 is 11.9 Å². The third-order valence-electron chi connectivity index (χ3n) is 14.5. The summed E-state index contributed by atoms with van der Waals surface area (Å²) in [5.74, 6) is -1.01. The number of esters is 2. The van der Waals surface area contributed by atoms with Crippen LogP contribution in [0.5, 0.6) is 0 Å². The predicted molar refractivity (Wildman–Crippen MR) is 307 cm³/mol. The molecule has 11 atom stereocenters. The molecule has 2 saturated heterocycles. The van der Waals surface area contributed by atoms with E-state index in [2.05, 4.69) is 62.5 Å². The van der Waals surface area contributed by atoms with Crippen LogP contribution in [0, 0.1) is 0 Å². The zero-order chi connectivity index (χ0) is 56.7. The van der Waals surface area contributed by atoms with Crippen LogP contribution in [-0.4, -0.2) is 142 Å². The zero-order valence-electron chi connectivity index (χ0n) is 48.4. The van der Waals surface area contributed by atoms with Crippen molar-refractivity contribution in [1.29, 1.82) is 0 Å². The van der Waals surface area contributed by atoms with Crippen molar-refractivity contribution in [3.05, 3.63) is 60.8 Å². The molecule has 2 aliphatic heterocycles. The second kappa shape index (κ2) is 48.9. The van der Waals surface area contributed by atoms with E-state index in [1.807, 2.05) is 12.2 Å². The first-order chi connectivity index (χ1) is 38.0. The Labute approximate surface area is 470 Å². The van der Waals surface area contributed by atoms with Gasteiger partial charge in [-0.3, -0.25) is 9.59 Å². The van der Waals surface area contributed by atoms with Gasteiger partial charge in [0.05, 0.1) is 19.8 Å². The SMILES string of the molecule is CCCCC/C=C/C/C=C/C/C=C/C/C=C/C/C=C/CCC(=O)O[C@@H](COC(=O)CCCCCCCCCCCCCCCCCCCCCCCCC)CO[C@@H]1O[C@H](CO[C@@H]2O[C@H](CO)[C@H](O)C(O)C2O)[C@H](O)C(O)C1O. The number of allylic oxidation sites excluding steroid dienone is 10. The van der Waals surface area contributed by atoms with E-state index < -0.39 is 99.3 Å². The van der Waals surface area contributed by atoms with Crippen molar-refractivity contribution in [3.8, 4) is 0 Å². The molecule has 2 fully saturated rings. The molecular weight excluding hydrogens is 997 g/mol. The predicted octanol–water partition coefficient (Wildman–Crippen LogP) is 11.2. The minimum Gasteiger partial charge on any atom is -0.462 e. The van der Waals surface area contributed by atoms with Crippen LogP contribution < -0.4 is 0 Å². The fraction of sp³-hybridized carbons (Fsp3) is 0.810. The number of carbonyl (C=O) groups is 2. The molecular formula is C63H110O15. The molecule has 0 aromatic heterocycles. The second-order valence-electron chi connectivity index (χ2n) is 21.5. The van der Waals surface area contributed by atoms with Crippen LogP contribution in [0.3, 0.4) is 0 Å². The Hall–Kier alpha value is -2.80. The Bertz CT molecular complexity index is 1580. The van der Waals surface area contributed by atoms with Crippen LogP contribution in [0.15, 0.2) is 60.8 Å². The molecule has 0 radical (unpaired) electrons. The van der Waals surface area contributed by atoms with Gasteiger partial charge in [0.15, 0.2) is 18.7 Å². The van der Waals surface area contributed by atoms with Gasteiger partial charge in [0.25, 0.3) is 0 Å². The third kappa shape index (κ3) is 35.1. The van der Waals surface area contributed by atoms with E-state index >= 15 is 0 Å². The van der Waals surface area contributed by atoms with Crippen LogP contribution in [0.2, 0.25) is 0 Å². The van der Waals surface area contributed by atoms with Crippen LogP contribution in [0.25, 0.3) is 0 Å². The molecule has 452 valence electrons. The van der Waals surface area contributed by atoms with Gasteiger partial charge in [-0.1, -0.05) is 229 Å². The molecule has 0 aromatic rings. The monoisotopic (exact) mass is 1110 g/mol. The Morgan fingerprint density at radius 3 is 1.26 bits per heavy atom. The number of hydrogen-bond acceptors (Lipinski definition) is 15. The summed E-state index contributed by atoms with van der Waals surface area (Å²) >= 11 is 0. The number of aliphatic hydroxyl groups is 7. The number of rotatable bonds is 49. The highest BCUT2D eigenvalue weighted by Crippen LogP contribution is 2.27. The van der Waals surface area contributed by atoms with Gasteiger partial charge < -0.3 is 64.2 Å². The number of hydrogen-bond donors (Lipinski definition) is 7. The smallest absolute Gasteiger partial charge is 0.306 e. The highest BCUT2D eigenvalue weighted by Gasteiger charge is 2.47. The first-order valence-electron chi connectivity index (χ1n) is 30.9. The molecule has 0 saturated carbocycles. The maximum atomic E-state index is 13.0. The standard InChI is InChI=1S/C63H110O15/c1-3-5-7-9-11-13-15-17-19-21-23-24-25-26-28-29-31-33-35-37-39-41-43-45-54(65)73-48-51(76-55(66)46-44-42-40-38-36-34-32-30-27-22-20-18-16-14-12-10-8-6-4-2)49-74-62-61(72)59(70)57(68)53(78-62)50-75-63-60(71)58(69)56(67)52(47-64)77-63/h12,14,18,20,27,30,34,36,40,42,51-53,56-64,67-72H,3-11,13,15-17,19,21-26,28-29,31-33,35,37-39,41,43-50H2,1-2H3/b14-12+,20-18+,30-27+,36-34+,42-40+/t51-,52+,53+,56-,57-,58?,59?,60?,61?,62+,63+/m0/s1. The second-order valence-corrected chi connectivity index (χ2v) is 21.5. The quantitative estimate of drug-likeness (QED) is 0.0171. The van der Waals surface area contributed by atoms with Gasteiger partial charge in [0, 0.05) is 12.8 Å². The average Bonchev–Trinajstić information content (AvgIpc) is 3.43. The summed E-state index contributed by atoms with van der Waals surface area (Å²) in [5.41, 5.74) is 0.